The first-order valence-corrected chi connectivity index (χ1v) is 15.0. The van der Waals surface area contributed by atoms with E-state index in [4.69, 9.17) is 28.4 Å². The van der Waals surface area contributed by atoms with Crippen molar-refractivity contribution < 1.29 is 28.4 Å². The largest absolute Gasteiger partial charge is 0.353 e. The van der Waals surface area contributed by atoms with Gasteiger partial charge < -0.3 is 28.4 Å². The van der Waals surface area contributed by atoms with Crippen LogP contribution in [0.2, 0.25) is 0 Å². The van der Waals surface area contributed by atoms with Gasteiger partial charge in [0.15, 0.2) is 18.9 Å². The molecule has 0 amide bonds. The summed E-state index contributed by atoms with van der Waals surface area (Å²) in [7, 11) is 0. The van der Waals surface area contributed by atoms with Crippen LogP contribution in [0, 0.1) is 23.2 Å². The van der Waals surface area contributed by atoms with Crippen LogP contribution in [0.3, 0.4) is 0 Å². The normalized spacial score (nSPS) is 36.4. The summed E-state index contributed by atoms with van der Waals surface area (Å²) in [5.41, 5.74) is 0. The van der Waals surface area contributed by atoms with Crippen molar-refractivity contribution in [3.63, 3.8) is 0 Å². The third-order valence-corrected chi connectivity index (χ3v) is 8.30. The standard InChI is InChI=1S/C29H49NO6/c1-2-3-4-11-23(34-26-12-5-8-17-31-26)15-16-24-22(21-30)20-25(35-27-13-6-9-18-32-27)29(24)36-28-14-7-10-19-33-28/h22-29H,2-20H2,1H3. The van der Waals surface area contributed by atoms with E-state index >= 15 is 0 Å². The summed E-state index contributed by atoms with van der Waals surface area (Å²) in [5, 5.41) is 10.1. The molecule has 7 heteroatoms. The lowest BCUT2D eigenvalue weighted by Gasteiger charge is -2.34. The molecule has 8 atom stereocenters. The summed E-state index contributed by atoms with van der Waals surface area (Å²) < 4.78 is 37.3. The third-order valence-electron chi connectivity index (χ3n) is 8.30. The number of rotatable bonds is 13. The fourth-order valence-corrected chi connectivity index (χ4v) is 6.22. The Bertz CT molecular complexity index is 638. The molecule has 36 heavy (non-hydrogen) atoms. The summed E-state index contributed by atoms with van der Waals surface area (Å²) in [6.07, 6.45) is 16.1. The van der Waals surface area contributed by atoms with Gasteiger partial charge in [-0.3, -0.25) is 0 Å². The monoisotopic (exact) mass is 507 g/mol. The Labute approximate surface area is 218 Å². The maximum atomic E-state index is 10.1. The molecule has 1 saturated carbocycles. The van der Waals surface area contributed by atoms with Gasteiger partial charge in [0, 0.05) is 25.7 Å². The van der Waals surface area contributed by atoms with Crippen LogP contribution in [0.4, 0.5) is 0 Å². The predicted octanol–water partition coefficient (Wildman–Crippen LogP) is 6.24. The van der Waals surface area contributed by atoms with Gasteiger partial charge in [-0.1, -0.05) is 26.2 Å². The molecule has 0 radical (unpaired) electrons. The lowest BCUT2D eigenvalue weighted by atomic mass is 9.89. The highest BCUT2D eigenvalue weighted by Gasteiger charge is 2.47. The second-order valence-corrected chi connectivity index (χ2v) is 11.1. The van der Waals surface area contributed by atoms with Crippen LogP contribution >= 0.6 is 0 Å². The van der Waals surface area contributed by atoms with Gasteiger partial charge >= 0.3 is 0 Å². The highest BCUT2D eigenvalue weighted by molar-refractivity contribution is 5.02. The molecule has 3 aliphatic heterocycles. The van der Waals surface area contributed by atoms with E-state index in [0.717, 1.165) is 90.4 Å². The summed E-state index contributed by atoms with van der Waals surface area (Å²) in [5.74, 6) is 0.0214. The Kier molecular flexibility index (Phi) is 12.3. The molecule has 4 fully saturated rings. The molecule has 0 aromatic heterocycles. The average Bonchev–Trinajstić information content (AvgIpc) is 3.24. The minimum atomic E-state index is -0.200. The summed E-state index contributed by atoms with van der Waals surface area (Å²) in [6, 6.07) is 2.60. The highest BCUT2D eigenvalue weighted by atomic mass is 16.7. The molecular formula is C29H49NO6. The number of hydrogen-bond donors (Lipinski definition) is 0. The van der Waals surface area contributed by atoms with Gasteiger partial charge in [-0.2, -0.15) is 5.26 Å². The van der Waals surface area contributed by atoms with Crippen molar-refractivity contribution in [2.45, 2.75) is 147 Å². The van der Waals surface area contributed by atoms with Crippen LogP contribution in [-0.4, -0.2) is 57.0 Å². The number of nitrogens with zero attached hydrogens (tertiary/aromatic N) is 1. The maximum absolute atomic E-state index is 10.1. The minimum Gasteiger partial charge on any atom is -0.353 e. The molecule has 0 aromatic carbocycles. The van der Waals surface area contributed by atoms with E-state index in [1.54, 1.807) is 0 Å². The Morgan fingerprint density at radius 2 is 1.44 bits per heavy atom. The molecule has 1 aliphatic carbocycles. The third kappa shape index (κ3) is 8.64. The van der Waals surface area contributed by atoms with E-state index in [0.29, 0.717) is 6.42 Å². The smallest absolute Gasteiger partial charge is 0.158 e. The Balaban J connectivity index is 1.41. The molecule has 7 nitrogen and oxygen atoms in total. The van der Waals surface area contributed by atoms with E-state index in [9.17, 15) is 5.26 Å². The fourth-order valence-electron chi connectivity index (χ4n) is 6.22. The molecule has 0 aromatic rings. The maximum Gasteiger partial charge on any atom is 0.158 e. The SMILES string of the molecule is CCCCCC(CCC1C(C#N)CC(OC2CCCCO2)C1OC1CCCCO1)OC1CCCCO1. The Morgan fingerprint density at radius 3 is 2.03 bits per heavy atom. The van der Waals surface area contributed by atoms with Crippen LogP contribution in [0.1, 0.15) is 110 Å². The molecule has 3 heterocycles. The number of nitriles is 1. The van der Waals surface area contributed by atoms with Crippen molar-refractivity contribution in [1.29, 1.82) is 5.26 Å². The van der Waals surface area contributed by atoms with Crippen molar-refractivity contribution in [3.05, 3.63) is 0 Å². The van der Waals surface area contributed by atoms with Gasteiger partial charge in [0.05, 0.1) is 30.3 Å². The summed E-state index contributed by atoms with van der Waals surface area (Å²) in [6.45, 7) is 4.53. The van der Waals surface area contributed by atoms with Crippen molar-refractivity contribution in [2.24, 2.45) is 11.8 Å². The minimum absolute atomic E-state index is 0.0806. The topological polar surface area (TPSA) is 79.2 Å². The average molecular weight is 508 g/mol. The van der Waals surface area contributed by atoms with Gasteiger partial charge in [0.1, 0.15) is 0 Å². The zero-order chi connectivity index (χ0) is 25.0. The number of ether oxygens (including phenoxy) is 6. The van der Waals surface area contributed by atoms with E-state index in [1.165, 1.54) is 25.7 Å². The zero-order valence-electron chi connectivity index (χ0n) is 22.5. The molecule has 3 saturated heterocycles. The summed E-state index contributed by atoms with van der Waals surface area (Å²) in [4.78, 5) is 0. The number of unbranched alkanes of at least 4 members (excludes halogenated alkanes) is 2. The molecule has 8 unspecified atom stereocenters. The van der Waals surface area contributed by atoms with Gasteiger partial charge in [0.25, 0.3) is 0 Å². The lowest BCUT2D eigenvalue weighted by molar-refractivity contribution is -0.248. The van der Waals surface area contributed by atoms with Gasteiger partial charge in [-0.15, -0.1) is 0 Å². The molecule has 4 aliphatic rings. The zero-order valence-corrected chi connectivity index (χ0v) is 22.5. The van der Waals surface area contributed by atoms with Gasteiger partial charge in [0.2, 0.25) is 0 Å². The van der Waals surface area contributed by atoms with Crippen molar-refractivity contribution >= 4 is 0 Å². The van der Waals surface area contributed by atoms with Crippen molar-refractivity contribution in [1.82, 2.24) is 0 Å². The first kappa shape index (κ1) is 28.3. The van der Waals surface area contributed by atoms with Gasteiger partial charge in [-0.25, -0.2) is 0 Å². The molecule has 206 valence electrons. The van der Waals surface area contributed by atoms with Crippen LogP contribution < -0.4 is 0 Å². The van der Waals surface area contributed by atoms with Crippen LogP contribution in [0.5, 0.6) is 0 Å². The second kappa shape index (κ2) is 15.6. The van der Waals surface area contributed by atoms with Crippen molar-refractivity contribution in [2.75, 3.05) is 19.8 Å². The highest BCUT2D eigenvalue weighted by Crippen LogP contribution is 2.42. The Hall–Kier alpha value is -0.750. The molecule has 0 bridgehead atoms. The quantitative estimate of drug-likeness (QED) is 0.273. The van der Waals surface area contributed by atoms with Crippen LogP contribution in [-0.2, 0) is 28.4 Å². The predicted molar refractivity (Wildman–Crippen MR) is 136 cm³/mol. The van der Waals surface area contributed by atoms with Crippen molar-refractivity contribution in [3.8, 4) is 6.07 Å². The molecular weight excluding hydrogens is 458 g/mol. The van der Waals surface area contributed by atoms with Gasteiger partial charge in [-0.05, 0) is 83.5 Å². The van der Waals surface area contributed by atoms with Crippen LogP contribution in [0.25, 0.3) is 0 Å². The second-order valence-electron chi connectivity index (χ2n) is 11.1. The van der Waals surface area contributed by atoms with E-state index < -0.39 is 0 Å². The first-order chi connectivity index (χ1) is 17.8. The summed E-state index contributed by atoms with van der Waals surface area (Å²) >= 11 is 0. The Morgan fingerprint density at radius 1 is 0.806 bits per heavy atom. The molecule has 4 rings (SSSR count). The fraction of sp³-hybridized carbons (Fsp3) is 0.966. The van der Waals surface area contributed by atoms with E-state index in [2.05, 4.69) is 13.0 Å². The van der Waals surface area contributed by atoms with E-state index in [1.807, 2.05) is 0 Å². The first-order valence-electron chi connectivity index (χ1n) is 15.0. The lowest BCUT2D eigenvalue weighted by Crippen LogP contribution is -2.40. The van der Waals surface area contributed by atoms with E-state index in [-0.39, 0.29) is 49.0 Å². The molecule has 0 N–H and O–H groups in total. The molecule has 0 spiro atoms. The number of hydrogen-bond acceptors (Lipinski definition) is 7. The van der Waals surface area contributed by atoms with Crippen LogP contribution in [0.15, 0.2) is 0 Å².